The van der Waals surface area contributed by atoms with E-state index in [0.29, 0.717) is 11.3 Å². The van der Waals surface area contributed by atoms with Gasteiger partial charge in [-0.2, -0.15) is 0 Å². The van der Waals surface area contributed by atoms with Crippen LogP contribution in [0.3, 0.4) is 0 Å². The van der Waals surface area contributed by atoms with Crippen molar-refractivity contribution in [2.45, 2.75) is 58.7 Å². The Hall–Kier alpha value is -4.52. The predicted molar refractivity (Wildman–Crippen MR) is 141 cm³/mol. The molecule has 0 heterocycles. The van der Waals surface area contributed by atoms with E-state index in [-0.39, 0.29) is 30.2 Å². The molecule has 218 valence electrons. The Balaban J connectivity index is 2.16. The van der Waals surface area contributed by atoms with Crippen LogP contribution in [-0.4, -0.2) is 55.8 Å². The molecule has 4 N–H and O–H groups in total. The van der Waals surface area contributed by atoms with Gasteiger partial charge in [-0.15, -0.1) is 0 Å². The van der Waals surface area contributed by atoms with Crippen molar-refractivity contribution in [1.82, 2.24) is 0 Å². The zero-order chi connectivity index (χ0) is 29.9. The fourth-order valence-corrected chi connectivity index (χ4v) is 3.32. The molecule has 0 saturated carbocycles. The van der Waals surface area contributed by atoms with E-state index in [1.807, 2.05) is 0 Å². The summed E-state index contributed by atoms with van der Waals surface area (Å²) >= 11 is 0. The number of anilines is 2. The first-order chi connectivity index (χ1) is 18.9. The molecule has 0 aliphatic heterocycles. The second kappa shape index (κ2) is 14.6. The summed E-state index contributed by atoms with van der Waals surface area (Å²) in [5, 5.41) is 0. The van der Waals surface area contributed by atoms with Gasteiger partial charge in [-0.05, 0) is 55.3 Å². The van der Waals surface area contributed by atoms with Gasteiger partial charge in [-0.1, -0.05) is 13.0 Å². The van der Waals surface area contributed by atoms with Crippen molar-refractivity contribution >= 4 is 35.4 Å². The third kappa shape index (κ3) is 9.66. The fourth-order valence-electron chi connectivity index (χ4n) is 3.32. The van der Waals surface area contributed by atoms with Gasteiger partial charge in [0.1, 0.15) is 18.1 Å². The lowest BCUT2D eigenvalue weighted by atomic mass is 10.0. The summed E-state index contributed by atoms with van der Waals surface area (Å²) in [6, 6.07) is 10.8. The molecule has 40 heavy (non-hydrogen) atoms. The first-order valence-corrected chi connectivity index (χ1v) is 12.2. The Labute approximate surface area is 231 Å². The van der Waals surface area contributed by atoms with Gasteiger partial charge in [0.05, 0.1) is 19.4 Å². The highest BCUT2D eigenvalue weighted by Gasteiger charge is 2.40. The molecule has 2 unspecified atom stereocenters. The van der Waals surface area contributed by atoms with E-state index in [9.17, 15) is 19.2 Å². The van der Waals surface area contributed by atoms with Crippen LogP contribution in [0.5, 0.6) is 11.5 Å². The topological polar surface area (TPSA) is 185 Å². The molecule has 3 atom stereocenters. The molecule has 2 rings (SSSR count). The highest BCUT2D eigenvalue weighted by atomic mass is 16.7. The zero-order valence-electron chi connectivity index (χ0n) is 23.0. The van der Waals surface area contributed by atoms with Crippen LogP contribution in [-0.2, 0) is 44.7 Å². The average molecular weight is 563 g/mol. The van der Waals surface area contributed by atoms with Gasteiger partial charge in [0.15, 0.2) is 5.60 Å². The van der Waals surface area contributed by atoms with Crippen LogP contribution in [0.25, 0.3) is 0 Å². The van der Waals surface area contributed by atoms with Gasteiger partial charge in [0.2, 0.25) is 12.4 Å². The molecule has 13 heteroatoms. The molecular weight excluding hydrogens is 528 g/mol. The number of carbonyl (C=O) groups excluding carboxylic acids is 4. The lowest BCUT2D eigenvalue weighted by molar-refractivity contribution is -0.223. The number of carbonyl (C=O) groups is 4. The largest absolute Gasteiger partial charge is 0.514 e. The Kier molecular flexibility index (Phi) is 11.6. The van der Waals surface area contributed by atoms with Gasteiger partial charge in [0, 0.05) is 19.5 Å². The molecule has 0 aliphatic rings. The molecule has 0 spiro atoms. The Bertz CT molecular complexity index is 1190. The normalized spacial score (nSPS) is 13.6. The van der Waals surface area contributed by atoms with Gasteiger partial charge in [-0.3, -0.25) is 9.59 Å². The molecule has 2 aromatic rings. The minimum absolute atomic E-state index is 0.145. The lowest BCUT2D eigenvalue weighted by Gasteiger charge is -2.36. The van der Waals surface area contributed by atoms with E-state index in [4.69, 9.17) is 39.9 Å². The monoisotopic (exact) mass is 562 g/mol. The maximum Gasteiger partial charge on any atom is 0.514 e. The molecule has 0 radical (unpaired) electrons. The number of esters is 3. The van der Waals surface area contributed by atoms with Crippen LogP contribution in [0.15, 0.2) is 42.5 Å². The lowest BCUT2D eigenvalue weighted by Crippen LogP contribution is -2.49. The number of rotatable bonds is 13. The SMILES string of the molecule is CC[C@](C)(OC(C)=O)C(OCC(OC(C)=O)C(=O)OC)Oc1ccc(COC(=O)Oc2ccc(N)cc2)cc1N. The number of methoxy groups -OCH3 is 1. The Morgan fingerprint density at radius 1 is 0.975 bits per heavy atom. The van der Waals surface area contributed by atoms with Gasteiger partial charge in [0.25, 0.3) is 0 Å². The summed E-state index contributed by atoms with van der Waals surface area (Å²) in [5.41, 5.74) is 11.6. The molecular formula is C27H34N2O11. The average Bonchev–Trinajstić information content (AvgIpc) is 2.90. The molecule has 0 aliphatic carbocycles. The fraction of sp³-hybridized carbons (Fsp3) is 0.407. The minimum Gasteiger partial charge on any atom is -0.466 e. The van der Waals surface area contributed by atoms with E-state index in [0.717, 1.165) is 14.0 Å². The number of nitrogen functional groups attached to an aromatic ring is 2. The van der Waals surface area contributed by atoms with Crippen LogP contribution in [0.4, 0.5) is 16.2 Å². The van der Waals surface area contributed by atoms with Crippen molar-refractivity contribution in [2.24, 2.45) is 0 Å². The molecule has 0 aromatic heterocycles. The van der Waals surface area contributed by atoms with Crippen molar-refractivity contribution < 1.29 is 52.3 Å². The second-order valence-corrected chi connectivity index (χ2v) is 8.75. The maximum atomic E-state index is 12.1. The molecule has 13 nitrogen and oxygen atoms in total. The molecule has 0 bridgehead atoms. The van der Waals surface area contributed by atoms with Crippen molar-refractivity contribution in [3.05, 3.63) is 48.0 Å². The van der Waals surface area contributed by atoms with Crippen LogP contribution in [0.1, 0.15) is 39.7 Å². The van der Waals surface area contributed by atoms with Gasteiger partial charge < -0.3 is 44.6 Å². The molecule has 0 amide bonds. The first kappa shape index (κ1) is 31.7. The number of hydrogen-bond acceptors (Lipinski definition) is 13. The number of ether oxygens (including phenoxy) is 7. The van der Waals surface area contributed by atoms with Crippen molar-refractivity contribution in [1.29, 1.82) is 0 Å². The zero-order valence-corrected chi connectivity index (χ0v) is 23.0. The third-order valence-corrected chi connectivity index (χ3v) is 5.49. The Morgan fingerprint density at radius 3 is 2.20 bits per heavy atom. The maximum absolute atomic E-state index is 12.1. The molecule has 0 saturated heterocycles. The second-order valence-electron chi connectivity index (χ2n) is 8.75. The highest BCUT2D eigenvalue weighted by molar-refractivity contribution is 5.78. The highest BCUT2D eigenvalue weighted by Crippen LogP contribution is 2.31. The summed E-state index contributed by atoms with van der Waals surface area (Å²) in [7, 11) is 1.13. The van der Waals surface area contributed by atoms with Crippen LogP contribution < -0.4 is 20.9 Å². The third-order valence-electron chi connectivity index (χ3n) is 5.49. The summed E-state index contributed by atoms with van der Waals surface area (Å²) in [5.74, 6) is -1.76. The van der Waals surface area contributed by atoms with E-state index < -0.39 is 48.7 Å². The quantitative estimate of drug-likeness (QED) is 0.119. The Morgan fingerprint density at radius 2 is 1.65 bits per heavy atom. The van der Waals surface area contributed by atoms with E-state index >= 15 is 0 Å². The van der Waals surface area contributed by atoms with Crippen molar-refractivity contribution in [3.63, 3.8) is 0 Å². The summed E-state index contributed by atoms with van der Waals surface area (Å²) in [6.45, 7) is 5.05. The van der Waals surface area contributed by atoms with Crippen molar-refractivity contribution in [3.8, 4) is 11.5 Å². The van der Waals surface area contributed by atoms with E-state index in [2.05, 4.69) is 4.74 Å². The number of benzene rings is 2. The standard InChI is InChI=1S/C27H34N2O11/c1-6-27(4,40-17(3)31)25(35-15-23(24(32)34-5)37-16(2)30)39-22-12-7-18(13-21(22)29)14-36-26(33)38-20-10-8-19(28)9-11-20/h7-13,23,25H,6,14-15,28-29H2,1-5H3/t23?,25?,27-/m0/s1. The van der Waals surface area contributed by atoms with Gasteiger partial charge >= 0.3 is 24.1 Å². The van der Waals surface area contributed by atoms with Crippen molar-refractivity contribution in [2.75, 3.05) is 25.2 Å². The summed E-state index contributed by atoms with van der Waals surface area (Å²) in [6.07, 6.45) is -3.36. The molecule has 0 fully saturated rings. The summed E-state index contributed by atoms with van der Waals surface area (Å²) < 4.78 is 37.1. The van der Waals surface area contributed by atoms with Gasteiger partial charge in [-0.25, -0.2) is 9.59 Å². The predicted octanol–water partition coefficient (Wildman–Crippen LogP) is 3.12. The van der Waals surface area contributed by atoms with Crippen LogP contribution in [0, 0.1) is 0 Å². The number of nitrogens with two attached hydrogens (primary N) is 2. The minimum atomic E-state index is -1.39. The summed E-state index contributed by atoms with van der Waals surface area (Å²) in [4.78, 5) is 47.3. The number of hydrogen-bond donors (Lipinski definition) is 2. The van der Waals surface area contributed by atoms with Crippen LogP contribution >= 0.6 is 0 Å². The first-order valence-electron chi connectivity index (χ1n) is 12.2. The van der Waals surface area contributed by atoms with Crippen LogP contribution in [0.2, 0.25) is 0 Å². The molecule has 2 aromatic carbocycles. The van der Waals surface area contributed by atoms with E-state index in [1.54, 1.807) is 32.0 Å². The smallest absolute Gasteiger partial charge is 0.466 e. The van der Waals surface area contributed by atoms with E-state index in [1.165, 1.54) is 31.2 Å².